The molecule has 2 aromatic carbocycles. The van der Waals surface area contributed by atoms with E-state index in [1.165, 1.54) is 0 Å². The number of hydrogen-bond donors (Lipinski definition) is 5. The molecular formula is C18H23N3O6S. The van der Waals surface area contributed by atoms with E-state index in [0.717, 1.165) is 16.8 Å². The van der Waals surface area contributed by atoms with E-state index >= 15 is 0 Å². The van der Waals surface area contributed by atoms with Crippen LogP contribution in [0.5, 0.6) is 0 Å². The van der Waals surface area contributed by atoms with E-state index in [4.69, 9.17) is 25.6 Å². The van der Waals surface area contributed by atoms with Crippen LogP contribution in [0.15, 0.2) is 47.4 Å². The Kier molecular flexibility index (Phi) is 7.96. The SMILES string of the molecule is Cc1ccc(S(=O)(=O)Nc2ccc(NN)c(C(C)C)c2)cc1.O=C(O)C(=O)O. The highest BCUT2D eigenvalue weighted by molar-refractivity contribution is 7.92. The number of aliphatic carboxylic acids is 2. The Morgan fingerprint density at radius 3 is 1.96 bits per heavy atom. The summed E-state index contributed by atoms with van der Waals surface area (Å²) in [5.41, 5.74) is 5.89. The Bertz CT molecular complexity index is 928. The molecule has 10 heteroatoms. The van der Waals surface area contributed by atoms with Crippen molar-refractivity contribution >= 4 is 33.3 Å². The van der Waals surface area contributed by atoms with Crippen LogP contribution in [0.2, 0.25) is 0 Å². The van der Waals surface area contributed by atoms with Crippen molar-refractivity contribution in [2.24, 2.45) is 5.84 Å². The number of nitrogens with two attached hydrogens (primary N) is 1. The summed E-state index contributed by atoms with van der Waals surface area (Å²) in [6, 6.07) is 12.0. The van der Waals surface area contributed by atoms with Crippen LogP contribution in [-0.4, -0.2) is 30.6 Å². The molecule has 0 aliphatic rings. The van der Waals surface area contributed by atoms with Gasteiger partial charge in [-0.15, -0.1) is 0 Å². The lowest BCUT2D eigenvalue weighted by Gasteiger charge is -2.15. The van der Waals surface area contributed by atoms with Crippen molar-refractivity contribution in [3.05, 3.63) is 53.6 Å². The van der Waals surface area contributed by atoms with Crippen LogP contribution in [0.25, 0.3) is 0 Å². The zero-order chi connectivity index (χ0) is 21.5. The quantitative estimate of drug-likeness (QED) is 0.286. The van der Waals surface area contributed by atoms with E-state index in [2.05, 4.69) is 10.1 Å². The third-order valence-electron chi connectivity index (χ3n) is 3.60. The Labute approximate surface area is 163 Å². The average Bonchev–Trinajstić information content (AvgIpc) is 2.62. The molecule has 28 heavy (non-hydrogen) atoms. The van der Waals surface area contributed by atoms with E-state index < -0.39 is 22.0 Å². The monoisotopic (exact) mass is 409 g/mol. The van der Waals surface area contributed by atoms with E-state index in [-0.39, 0.29) is 10.8 Å². The van der Waals surface area contributed by atoms with E-state index in [1.807, 2.05) is 20.8 Å². The largest absolute Gasteiger partial charge is 0.473 e. The summed E-state index contributed by atoms with van der Waals surface area (Å²) in [7, 11) is -3.59. The van der Waals surface area contributed by atoms with Crippen LogP contribution in [-0.2, 0) is 19.6 Å². The van der Waals surface area contributed by atoms with Crippen molar-refractivity contribution < 1.29 is 28.2 Å². The number of carboxylic acid groups (broad SMARTS) is 2. The third-order valence-corrected chi connectivity index (χ3v) is 4.99. The number of carbonyl (C=O) groups is 2. The number of nitrogens with one attached hydrogen (secondary N) is 2. The summed E-state index contributed by atoms with van der Waals surface area (Å²) in [6.07, 6.45) is 0. The van der Waals surface area contributed by atoms with Gasteiger partial charge in [-0.05, 0) is 48.7 Å². The molecule has 0 aliphatic heterocycles. The molecule has 0 aromatic heterocycles. The Morgan fingerprint density at radius 1 is 1.00 bits per heavy atom. The normalized spacial score (nSPS) is 10.6. The minimum absolute atomic E-state index is 0.217. The number of hydrazine groups is 1. The molecule has 2 rings (SSSR count). The Morgan fingerprint density at radius 2 is 1.54 bits per heavy atom. The summed E-state index contributed by atoms with van der Waals surface area (Å²) in [6.45, 7) is 5.96. The van der Waals surface area contributed by atoms with Gasteiger partial charge in [0.15, 0.2) is 0 Å². The second-order valence-corrected chi connectivity index (χ2v) is 7.81. The molecule has 0 spiro atoms. The van der Waals surface area contributed by atoms with Crippen LogP contribution in [0.3, 0.4) is 0 Å². The average molecular weight is 409 g/mol. The highest BCUT2D eigenvalue weighted by Gasteiger charge is 2.15. The number of hydrogen-bond acceptors (Lipinski definition) is 6. The second-order valence-electron chi connectivity index (χ2n) is 6.13. The van der Waals surface area contributed by atoms with Gasteiger partial charge in [-0.25, -0.2) is 18.0 Å². The fraction of sp³-hybridized carbons (Fsp3) is 0.222. The van der Waals surface area contributed by atoms with E-state index in [1.54, 1.807) is 42.5 Å². The maximum absolute atomic E-state index is 12.4. The second kappa shape index (κ2) is 9.72. The number of rotatable bonds is 5. The topological polar surface area (TPSA) is 159 Å². The molecule has 9 nitrogen and oxygen atoms in total. The lowest BCUT2D eigenvalue weighted by atomic mass is 10.0. The minimum Gasteiger partial charge on any atom is -0.473 e. The van der Waals surface area contributed by atoms with Crippen molar-refractivity contribution in [3.8, 4) is 0 Å². The first-order valence-corrected chi connectivity index (χ1v) is 9.62. The number of nitrogen functional groups attached to an aromatic ring is 1. The zero-order valence-corrected chi connectivity index (χ0v) is 16.4. The standard InChI is InChI=1S/C16H21N3O2S.C2H2O4/c1-11(2)15-10-13(6-9-16(15)18-17)19-22(20,21)14-7-4-12(3)5-8-14;3-1(4)2(5)6/h4-11,18-19H,17H2,1-3H3;(H,3,4)(H,5,6). The van der Waals surface area contributed by atoms with Gasteiger partial charge >= 0.3 is 11.9 Å². The smallest absolute Gasteiger partial charge is 0.414 e. The van der Waals surface area contributed by atoms with Gasteiger partial charge in [0.25, 0.3) is 10.0 Å². The Hall–Kier alpha value is -3.11. The van der Waals surface area contributed by atoms with Crippen LogP contribution in [0.1, 0.15) is 30.9 Å². The highest BCUT2D eigenvalue weighted by Crippen LogP contribution is 2.28. The van der Waals surface area contributed by atoms with Crippen molar-refractivity contribution in [2.45, 2.75) is 31.6 Å². The molecule has 152 valence electrons. The molecular weight excluding hydrogens is 386 g/mol. The summed E-state index contributed by atoms with van der Waals surface area (Å²) >= 11 is 0. The molecule has 0 unspecified atom stereocenters. The number of sulfonamides is 1. The van der Waals surface area contributed by atoms with Crippen molar-refractivity contribution in [1.82, 2.24) is 0 Å². The number of aryl methyl sites for hydroxylation is 1. The fourth-order valence-corrected chi connectivity index (χ4v) is 3.22. The van der Waals surface area contributed by atoms with Gasteiger partial charge in [-0.3, -0.25) is 10.6 Å². The molecule has 2 aromatic rings. The van der Waals surface area contributed by atoms with Crippen LogP contribution in [0, 0.1) is 6.92 Å². The lowest BCUT2D eigenvalue weighted by molar-refractivity contribution is -0.159. The number of anilines is 2. The number of carboxylic acids is 2. The molecule has 6 N–H and O–H groups in total. The van der Waals surface area contributed by atoms with Gasteiger partial charge in [-0.1, -0.05) is 31.5 Å². The fourth-order valence-electron chi connectivity index (χ4n) is 2.17. The predicted octanol–water partition coefficient (Wildman–Crippen LogP) is 2.36. The summed E-state index contributed by atoms with van der Waals surface area (Å²) in [4.78, 5) is 18.4. The molecule has 0 heterocycles. The first-order chi connectivity index (χ1) is 13.0. The maximum Gasteiger partial charge on any atom is 0.414 e. The first kappa shape index (κ1) is 22.9. The molecule has 0 atom stereocenters. The summed E-state index contributed by atoms with van der Waals surface area (Å²) in [5, 5.41) is 14.8. The minimum atomic E-state index is -3.59. The van der Waals surface area contributed by atoms with Gasteiger partial charge in [-0.2, -0.15) is 0 Å². The first-order valence-electron chi connectivity index (χ1n) is 8.14. The molecule has 0 saturated carbocycles. The third kappa shape index (κ3) is 6.56. The van der Waals surface area contributed by atoms with Gasteiger partial charge in [0, 0.05) is 5.69 Å². The summed E-state index contributed by atoms with van der Waals surface area (Å²) < 4.78 is 27.4. The van der Waals surface area contributed by atoms with E-state index in [0.29, 0.717) is 5.69 Å². The van der Waals surface area contributed by atoms with Crippen LogP contribution < -0.4 is 16.0 Å². The molecule has 0 saturated heterocycles. The van der Waals surface area contributed by atoms with Gasteiger partial charge in [0.05, 0.1) is 10.6 Å². The van der Waals surface area contributed by atoms with Gasteiger partial charge < -0.3 is 15.6 Å². The molecule has 0 bridgehead atoms. The molecule has 0 fully saturated rings. The van der Waals surface area contributed by atoms with Crippen LogP contribution in [0.4, 0.5) is 11.4 Å². The predicted molar refractivity (Wildman–Crippen MR) is 106 cm³/mol. The van der Waals surface area contributed by atoms with Crippen molar-refractivity contribution in [2.75, 3.05) is 10.1 Å². The number of benzene rings is 2. The molecule has 0 radical (unpaired) electrons. The van der Waals surface area contributed by atoms with Crippen molar-refractivity contribution in [1.29, 1.82) is 0 Å². The summed E-state index contributed by atoms with van der Waals surface area (Å²) in [5.74, 6) is 2.05. The van der Waals surface area contributed by atoms with Crippen molar-refractivity contribution in [3.63, 3.8) is 0 Å². The van der Waals surface area contributed by atoms with Crippen LogP contribution >= 0.6 is 0 Å². The maximum atomic E-state index is 12.4. The van der Waals surface area contributed by atoms with Gasteiger partial charge in [0.2, 0.25) is 0 Å². The highest BCUT2D eigenvalue weighted by atomic mass is 32.2. The molecule has 0 amide bonds. The zero-order valence-electron chi connectivity index (χ0n) is 15.6. The Balaban J connectivity index is 0.000000568. The van der Waals surface area contributed by atoms with E-state index in [9.17, 15) is 8.42 Å². The van der Waals surface area contributed by atoms with Gasteiger partial charge in [0.1, 0.15) is 0 Å². The lowest BCUT2D eigenvalue weighted by Crippen LogP contribution is -2.14. The molecule has 0 aliphatic carbocycles.